The number of amides is 1. The zero-order chi connectivity index (χ0) is 12.4. The van der Waals surface area contributed by atoms with Crippen LogP contribution in [-0.2, 0) is 9.59 Å². The average molecular weight is 250 g/mol. The minimum atomic E-state index is 0.0364. The Bertz CT molecular complexity index is 474. The number of carbonyl (C=O) groups excluding carboxylic acids is 2. The van der Waals surface area contributed by atoms with E-state index in [1.54, 1.807) is 11.0 Å². The number of thioether (sulfide) groups is 1. The number of carbonyl (C=O) groups is 2. The Kier molecular flexibility index (Phi) is 3.38. The van der Waals surface area contributed by atoms with E-state index < -0.39 is 0 Å². The van der Waals surface area contributed by atoms with Crippen molar-refractivity contribution in [3.8, 4) is 0 Å². The summed E-state index contributed by atoms with van der Waals surface area (Å²) in [7, 11) is 0. The maximum Gasteiger partial charge on any atom is 0.237 e. The number of fused-ring (bicyclic) bond motifs is 1. The van der Waals surface area contributed by atoms with Crippen LogP contribution in [0.3, 0.4) is 0 Å². The molecule has 0 fully saturated rings. The fraction of sp³-hybridized carbons (Fsp3) is 0.333. The molecule has 0 atom stereocenters. The minimum Gasteiger partial charge on any atom is -0.399 e. The maximum absolute atomic E-state index is 11.8. The first kappa shape index (κ1) is 12.0. The Morgan fingerprint density at radius 1 is 1.53 bits per heavy atom. The number of ketones is 1. The zero-order valence-corrected chi connectivity index (χ0v) is 10.4. The topological polar surface area (TPSA) is 63.4 Å². The number of hydrogen-bond acceptors (Lipinski definition) is 4. The lowest BCUT2D eigenvalue weighted by molar-refractivity contribution is -0.117. The van der Waals surface area contributed by atoms with Crippen molar-refractivity contribution in [2.45, 2.75) is 18.2 Å². The maximum atomic E-state index is 11.8. The second kappa shape index (κ2) is 4.79. The SMILES string of the molecule is CC(=O)CCN1C(=O)CSc2ccc(N)cc21. The van der Waals surface area contributed by atoms with Gasteiger partial charge >= 0.3 is 0 Å². The van der Waals surface area contributed by atoms with Crippen LogP contribution in [0.1, 0.15) is 13.3 Å². The second-order valence-corrected chi connectivity index (χ2v) is 5.03. The molecule has 0 radical (unpaired) electrons. The van der Waals surface area contributed by atoms with Gasteiger partial charge in [-0.2, -0.15) is 0 Å². The van der Waals surface area contributed by atoms with Gasteiger partial charge in [0.2, 0.25) is 5.91 Å². The van der Waals surface area contributed by atoms with Gasteiger partial charge < -0.3 is 10.6 Å². The molecule has 1 aliphatic heterocycles. The standard InChI is InChI=1S/C12H14N2O2S/c1-8(15)4-5-14-10-6-9(13)2-3-11(10)17-7-12(14)16/h2-3,6H,4-5,7,13H2,1H3. The van der Waals surface area contributed by atoms with Gasteiger partial charge in [-0.05, 0) is 25.1 Å². The van der Waals surface area contributed by atoms with E-state index in [0.717, 1.165) is 10.6 Å². The lowest BCUT2D eigenvalue weighted by Crippen LogP contribution is -2.36. The predicted molar refractivity (Wildman–Crippen MR) is 69.2 cm³/mol. The van der Waals surface area contributed by atoms with Crippen LogP contribution in [0, 0.1) is 0 Å². The molecule has 0 unspecified atom stereocenters. The average Bonchev–Trinajstić information content (AvgIpc) is 2.27. The largest absolute Gasteiger partial charge is 0.399 e. The molecule has 2 N–H and O–H groups in total. The van der Waals surface area contributed by atoms with Crippen LogP contribution in [0.25, 0.3) is 0 Å². The molecule has 90 valence electrons. The van der Waals surface area contributed by atoms with Gasteiger partial charge in [0, 0.05) is 23.5 Å². The second-order valence-electron chi connectivity index (χ2n) is 4.01. The van der Waals surface area contributed by atoms with Gasteiger partial charge in [0.05, 0.1) is 11.4 Å². The summed E-state index contributed by atoms with van der Waals surface area (Å²) in [6, 6.07) is 5.53. The first-order valence-corrected chi connectivity index (χ1v) is 6.38. The first-order chi connectivity index (χ1) is 8.08. The van der Waals surface area contributed by atoms with Crippen molar-refractivity contribution < 1.29 is 9.59 Å². The Labute approximate surface area is 104 Å². The van der Waals surface area contributed by atoms with Crippen molar-refractivity contribution in [1.29, 1.82) is 0 Å². The van der Waals surface area contributed by atoms with Gasteiger partial charge in [-0.1, -0.05) is 0 Å². The van der Waals surface area contributed by atoms with E-state index in [4.69, 9.17) is 5.73 Å². The molecular formula is C12H14N2O2S. The molecule has 2 rings (SSSR count). The van der Waals surface area contributed by atoms with Crippen LogP contribution in [0.4, 0.5) is 11.4 Å². The predicted octanol–water partition coefficient (Wildman–Crippen LogP) is 1.69. The highest BCUT2D eigenvalue weighted by Crippen LogP contribution is 2.36. The first-order valence-electron chi connectivity index (χ1n) is 5.40. The van der Waals surface area contributed by atoms with Gasteiger partial charge in [0.15, 0.2) is 0 Å². The van der Waals surface area contributed by atoms with Crippen molar-refractivity contribution in [3.05, 3.63) is 18.2 Å². The van der Waals surface area contributed by atoms with Crippen molar-refractivity contribution in [1.82, 2.24) is 0 Å². The van der Waals surface area contributed by atoms with Crippen LogP contribution in [0.15, 0.2) is 23.1 Å². The Morgan fingerprint density at radius 3 is 3.00 bits per heavy atom. The number of benzene rings is 1. The third-order valence-corrected chi connectivity index (χ3v) is 3.66. The van der Waals surface area contributed by atoms with E-state index in [9.17, 15) is 9.59 Å². The third-order valence-electron chi connectivity index (χ3n) is 2.61. The summed E-state index contributed by atoms with van der Waals surface area (Å²) < 4.78 is 0. The highest BCUT2D eigenvalue weighted by atomic mass is 32.2. The minimum absolute atomic E-state index is 0.0364. The Hall–Kier alpha value is -1.49. The smallest absolute Gasteiger partial charge is 0.237 e. The monoisotopic (exact) mass is 250 g/mol. The Balaban J connectivity index is 2.28. The summed E-state index contributed by atoms with van der Waals surface area (Å²) in [5.74, 6) is 0.547. The molecule has 0 aliphatic carbocycles. The fourth-order valence-corrected chi connectivity index (χ4v) is 2.65. The van der Waals surface area contributed by atoms with Gasteiger partial charge in [-0.25, -0.2) is 0 Å². The molecule has 1 heterocycles. The van der Waals surface area contributed by atoms with Crippen LogP contribution in [0.5, 0.6) is 0 Å². The van der Waals surface area contributed by atoms with Crippen LogP contribution >= 0.6 is 11.8 Å². The molecule has 17 heavy (non-hydrogen) atoms. The highest BCUT2D eigenvalue weighted by molar-refractivity contribution is 8.00. The lowest BCUT2D eigenvalue weighted by Gasteiger charge is -2.28. The summed E-state index contributed by atoms with van der Waals surface area (Å²) in [4.78, 5) is 25.5. The summed E-state index contributed by atoms with van der Waals surface area (Å²) in [5, 5.41) is 0. The molecule has 0 saturated heterocycles. The Morgan fingerprint density at radius 2 is 2.29 bits per heavy atom. The molecule has 0 aromatic heterocycles. The summed E-state index contributed by atoms with van der Waals surface area (Å²) in [5.41, 5.74) is 7.19. The van der Waals surface area contributed by atoms with E-state index in [1.165, 1.54) is 18.7 Å². The molecular weight excluding hydrogens is 236 g/mol. The number of nitrogens with two attached hydrogens (primary N) is 1. The highest BCUT2D eigenvalue weighted by Gasteiger charge is 2.24. The molecule has 1 aliphatic rings. The van der Waals surface area contributed by atoms with E-state index in [0.29, 0.717) is 24.4 Å². The van der Waals surface area contributed by atoms with E-state index in [2.05, 4.69) is 0 Å². The number of Topliss-reactive ketones (excluding diaryl/α,β-unsaturated/α-hetero) is 1. The normalized spacial score (nSPS) is 14.6. The molecule has 1 amide bonds. The molecule has 5 heteroatoms. The van der Waals surface area contributed by atoms with Gasteiger partial charge in [0.1, 0.15) is 5.78 Å². The summed E-state index contributed by atoms with van der Waals surface area (Å²) in [6.45, 7) is 1.97. The van der Waals surface area contributed by atoms with Crippen molar-refractivity contribution in [2.24, 2.45) is 0 Å². The molecule has 0 bridgehead atoms. The number of hydrogen-bond donors (Lipinski definition) is 1. The fourth-order valence-electron chi connectivity index (χ4n) is 1.73. The van der Waals surface area contributed by atoms with E-state index in [-0.39, 0.29) is 11.7 Å². The van der Waals surface area contributed by atoms with Crippen LogP contribution < -0.4 is 10.6 Å². The lowest BCUT2D eigenvalue weighted by atomic mass is 10.2. The molecule has 1 aromatic carbocycles. The van der Waals surface area contributed by atoms with Gasteiger partial charge in [0.25, 0.3) is 0 Å². The zero-order valence-electron chi connectivity index (χ0n) is 9.60. The summed E-state index contributed by atoms with van der Waals surface area (Å²) >= 11 is 1.51. The molecule has 4 nitrogen and oxygen atoms in total. The van der Waals surface area contributed by atoms with Crippen LogP contribution in [0.2, 0.25) is 0 Å². The van der Waals surface area contributed by atoms with Gasteiger partial charge in [-0.3, -0.25) is 9.59 Å². The van der Waals surface area contributed by atoms with Crippen molar-refractivity contribution in [2.75, 3.05) is 22.9 Å². The van der Waals surface area contributed by atoms with E-state index in [1.807, 2.05) is 12.1 Å². The third kappa shape index (κ3) is 2.61. The van der Waals surface area contributed by atoms with E-state index >= 15 is 0 Å². The quantitative estimate of drug-likeness (QED) is 0.829. The molecule has 0 saturated carbocycles. The number of anilines is 2. The molecule has 1 aromatic rings. The van der Waals surface area contributed by atoms with Crippen molar-refractivity contribution in [3.63, 3.8) is 0 Å². The number of nitrogen functional groups attached to an aromatic ring is 1. The van der Waals surface area contributed by atoms with Crippen molar-refractivity contribution >= 4 is 34.8 Å². The van der Waals surface area contributed by atoms with Crippen LogP contribution in [-0.4, -0.2) is 24.0 Å². The molecule has 0 spiro atoms. The number of rotatable bonds is 3. The van der Waals surface area contributed by atoms with Gasteiger partial charge in [-0.15, -0.1) is 11.8 Å². The number of nitrogens with zero attached hydrogens (tertiary/aromatic N) is 1. The summed E-state index contributed by atoms with van der Waals surface area (Å²) in [6.07, 6.45) is 0.380.